The lowest BCUT2D eigenvalue weighted by molar-refractivity contribution is 0.0902. The number of amides is 1. The van der Waals surface area contributed by atoms with E-state index in [1.807, 2.05) is 0 Å². The normalized spacial score (nSPS) is 10.2. The predicted octanol–water partition coefficient (Wildman–Crippen LogP) is 3.25. The third-order valence-corrected chi connectivity index (χ3v) is 3.52. The minimum atomic E-state index is -0.677. The standard InChI is InChI=1S/C14H9BrClFN2O2/c15-11-6-18-4-3-9(11)14(21)19-7-13(20)10-5-8(16)1-2-12(10)17/h1-6H,7H2,(H,19,21). The molecule has 4 nitrogen and oxygen atoms in total. The molecule has 1 aromatic carbocycles. The fourth-order valence-corrected chi connectivity index (χ4v) is 2.22. The molecule has 0 radical (unpaired) electrons. The minimum absolute atomic E-state index is 0.156. The van der Waals surface area contributed by atoms with Crippen molar-refractivity contribution in [1.82, 2.24) is 10.3 Å². The zero-order chi connectivity index (χ0) is 15.4. The van der Waals surface area contributed by atoms with Crippen LogP contribution in [0.1, 0.15) is 20.7 Å². The molecule has 0 aliphatic rings. The molecule has 1 aromatic heterocycles. The van der Waals surface area contributed by atoms with E-state index in [1.165, 1.54) is 30.6 Å². The molecule has 2 aromatic rings. The van der Waals surface area contributed by atoms with Gasteiger partial charge in [0.1, 0.15) is 5.82 Å². The van der Waals surface area contributed by atoms with Crippen molar-refractivity contribution in [2.24, 2.45) is 0 Å². The Morgan fingerprint density at radius 1 is 1.29 bits per heavy atom. The Labute approximate surface area is 133 Å². The summed E-state index contributed by atoms with van der Waals surface area (Å²) in [6.45, 7) is -0.329. The van der Waals surface area contributed by atoms with Gasteiger partial charge in [0.15, 0.2) is 5.78 Å². The van der Waals surface area contributed by atoms with Gasteiger partial charge in [0, 0.05) is 21.9 Å². The lowest BCUT2D eigenvalue weighted by Gasteiger charge is -2.07. The van der Waals surface area contributed by atoms with E-state index in [2.05, 4.69) is 26.2 Å². The first kappa shape index (κ1) is 15.6. The monoisotopic (exact) mass is 370 g/mol. The molecular weight excluding hydrogens is 363 g/mol. The fraction of sp³-hybridized carbons (Fsp3) is 0.0714. The summed E-state index contributed by atoms with van der Waals surface area (Å²) >= 11 is 8.91. The third-order valence-electron chi connectivity index (χ3n) is 2.66. The van der Waals surface area contributed by atoms with Gasteiger partial charge < -0.3 is 5.32 Å². The first-order valence-electron chi connectivity index (χ1n) is 5.85. The maximum atomic E-state index is 13.5. The van der Waals surface area contributed by atoms with Crippen LogP contribution in [0.2, 0.25) is 5.02 Å². The van der Waals surface area contributed by atoms with E-state index in [-0.39, 0.29) is 17.1 Å². The van der Waals surface area contributed by atoms with Crippen molar-refractivity contribution in [2.45, 2.75) is 0 Å². The van der Waals surface area contributed by atoms with Crippen LogP contribution in [0, 0.1) is 5.82 Å². The highest BCUT2D eigenvalue weighted by molar-refractivity contribution is 9.10. The van der Waals surface area contributed by atoms with Gasteiger partial charge in [0.25, 0.3) is 5.91 Å². The minimum Gasteiger partial charge on any atom is -0.345 e. The molecule has 0 aliphatic heterocycles. The Balaban J connectivity index is 2.06. The van der Waals surface area contributed by atoms with E-state index in [0.29, 0.717) is 10.0 Å². The number of nitrogens with zero attached hydrogens (tertiary/aromatic N) is 1. The van der Waals surface area contributed by atoms with Crippen LogP contribution >= 0.6 is 27.5 Å². The molecule has 1 heterocycles. The summed E-state index contributed by atoms with van der Waals surface area (Å²) in [6.07, 6.45) is 2.92. The highest BCUT2D eigenvalue weighted by atomic mass is 79.9. The van der Waals surface area contributed by atoms with Gasteiger partial charge in [0.05, 0.1) is 17.7 Å². The molecule has 0 unspecified atom stereocenters. The topological polar surface area (TPSA) is 59.1 Å². The number of carbonyl (C=O) groups is 2. The Hall–Kier alpha value is -1.79. The summed E-state index contributed by atoms with van der Waals surface area (Å²) in [4.78, 5) is 27.6. The second-order valence-electron chi connectivity index (χ2n) is 4.09. The van der Waals surface area contributed by atoms with Crippen LogP contribution in [0.3, 0.4) is 0 Å². The number of Topliss-reactive ketones (excluding diaryl/α,β-unsaturated/α-hetero) is 1. The average molecular weight is 372 g/mol. The van der Waals surface area contributed by atoms with Crippen molar-refractivity contribution in [3.05, 3.63) is 63.1 Å². The van der Waals surface area contributed by atoms with Crippen LogP contribution < -0.4 is 5.32 Å². The molecular formula is C14H9BrClFN2O2. The molecule has 0 saturated heterocycles. The molecule has 0 saturated carbocycles. The van der Waals surface area contributed by atoms with Crippen LogP contribution in [0.25, 0.3) is 0 Å². The summed E-state index contributed by atoms with van der Waals surface area (Å²) in [5.41, 5.74) is 0.181. The van der Waals surface area contributed by atoms with Crippen LogP contribution in [0.4, 0.5) is 4.39 Å². The molecule has 0 fully saturated rings. The first-order valence-corrected chi connectivity index (χ1v) is 7.02. The first-order chi connectivity index (χ1) is 9.99. The van der Waals surface area contributed by atoms with Gasteiger partial charge in [-0.2, -0.15) is 0 Å². The average Bonchev–Trinajstić information content (AvgIpc) is 2.47. The van der Waals surface area contributed by atoms with E-state index < -0.39 is 17.5 Å². The predicted molar refractivity (Wildman–Crippen MR) is 80.0 cm³/mol. The molecule has 1 amide bonds. The molecule has 2 rings (SSSR count). The van der Waals surface area contributed by atoms with Crippen molar-refractivity contribution < 1.29 is 14.0 Å². The van der Waals surface area contributed by atoms with Gasteiger partial charge >= 0.3 is 0 Å². The number of aromatic nitrogens is 1. The van der Waals surface area contributed by atoms with Crippen molar-refractivity contribution in [1.29, 1.82) is 0 Å². The van der Waals surface area contributed by atoms with E-state index in [1.54, 1.807) is 0 Å². The summed E-state index contributed by atoms with van der Waals surface area (Å²) in [7, 11) is 0. The molecule has 0 atom stereocenters. The lowest BCUT2D eigenvalue weighted by atomic mass is 10.1. The SMILES string of the molecule is O=C(CNC(=O)c1ccncc1Br)c1cc(Cl)ccc1F. The largest absolute Gasteiger partial charge is 0.345 e. The van der Waals surface area contributed by atoms with Crippen molar-refractivity contribution in [2.75, 3.05) is 6.54 Å². The molecule has 21 heavy (non-hydrogen) atoms. The molecule has 0 bridgehead atoms. The Kier molecular flexibility index (Phi) is 5.03. The number of pyridine rings is 1. The van der Waals surface area contributed by atoms with Crippen molar-refractivity contribution >= 4 is 39.2 Å². The summed E-state index contributed by atoms with van der Waals surface area (Å²) in [5, 5.41) is 2.68. The number of halogens is 3. The van der Waals surface area contributed by atoms with E-state index >= 15 is 0 Å². The van der Waals surface area contributed by atoms with E-state index in [9.17, 15) is 14.0 Å². The summed E-state index contributed by atoms with van der Waals surface area (Å²) in [5.74, 6) is -1.70. The number of carbonyl (C=O) groups excluding carboxylic acids is 2. The third kappa shape index (κ3) is 3.86. The van der Waals surface area contributed by atoms with Crippen LogP contribution in [0.15, 0.2) is 41.1 Å². The van der Waals surface area contributed by atoms with E-state index in [4.69, 9.17) is 11.6 Å². The number of hydrogen-bond donors (Lipinski definition) is 1. The number of hydrogen-bond acceptors (Lipinski definition) is 3. The molecule has 1 N–H and O–H groups in total. The highest BCUT2D eigenvalue weighted by Crippen LogP contribution is 2.16. The zero-order valence-electron chi connectivity index (χ0n) is 10.6. The molecule has 108 valence electrons. The Morgan fingerprint density at radius 3 is 2.76 bits per heavy atom. The van der Waals surface area contributed by atoms with Crippen LogP contribution in [-0.2, 0) is 0 Å². The van der Waals surface area contributed by atoms with Gasteiger partial charge in [-0.05, 0) is 40.2 Å². The van der Waals surface area contributed by atoms with Gasteiger partial charge in [0.2, 0.25) is 0 Å². The highest BCUT2D eigenvalue weighted by Gasteiger charge is 2.15. The number of rotatable bonds is 4. The lowest BCUT2D eigenvalue weighted by Crippen LogP contribution is -2.30. The number of nitrogens with one attached hydrogen (secondary N) is 1. The van der Waals surface area contributed by atoms with Crippen molar-refractivity contribution in [3.8, 4) is 0 Å². The fourth-order valence-electron chi connectivity index (χ4n) is 1.62. The number of ketones is 1. The Morgan fingerprint density at radius 2 is 2.05 bits per heavy atom. The van der Waals surface area contributed by atoms with Gasteiger partial charge in [-0.25, -0.2) is 4.39 Å². The number of benzene rings is 1. The maximum absolute atomic E-state index is 13.5. The smallest absolute Gasteiger partial charge is 0.252 e. The van der Waals surface area contributed by atoms with Crippen LogP contribution in [-0.4, -0.2) is 23.2 Å². The van der Waals surface area contributed by atoms with Crippen molar-refractivity contribution in [3.63, 3.8) is 0 Å². The quantitative estimate of drug-likeness (QED) is 0.839. The molecule has 7 heteroatoms. The van der Waals surface area contributed by atoms with Gasteiger partial charge in [-0.1, -0.05) is 11.6 Å². The summed E-state index contributed by atoms with van der Waals surface area (Å²) in [6, 6.07) is 5.19. The second-order valence-corrected chi connectivity index (χ2v) is 5.38. The van der Waals surface area contributed by atoms with E-state index in [0.717, 1.165) is 6.07 Å². The molecule has 0 aliphatic carbocycles. The zero-order valence-corrected chi connectivity index (χ0v) is 12.9. The maximum Gasteiger partial charge on any atom is 0.252 e. The Bertz CT molecular complexity index is 709. The van der Waals surface area contributed by atoms with Gasteiger partial charge in [-0.15, -0.1) is 0 Å². The second kappa shape index (κ2) is 6.78. The summed E-state index contributed by atoms with van der Waals surface area (Å²) < 4.78 is 14.0. The van der Waals surface area contributed by atoms with Gasteiger partial charge in [-0.3, -0.25) is 14.6 Å². The molecule has 0 spiro atoms. The van der Waals surface area contributed by atoms with Crippen LogP contribution in [0.5, 0.6) is 0 Å².